The van der Waals surface area contributed by atoms with E-state index >= 15 is 0 Å². The fraction of sp³-hybridized carbons (Fsp3) is 0.602. The van der Waals surface area contributed by atoms with Crippen LogP contribution >= 0.6 is 0 Å². The maximum atomic E-state index is 11.9. The number of imide groups is 3. The third-order valence-electron chi connectivity index (χ3n) is 18.8. The second-order valence-corrected chi connectivity index (χ2v) is 35.0. The van der Waals surface area contributed by atoms with Gasteiger partial charge in [-0.05, 0) is 124 Å². The maximum absolute atomic E-state index is 11.9. The molecule has 4 aliphatic heterocycles. The molecule has 9 rings (SSSR count). The highest BCUT2D eigenvalue weighted by molar-refractivity contribution is 6.74. The quantitative estimate of drug-likeness (QED) is 0.0374. The Labute approximate surface area is 619 Å². The highest BCUT2D eigenvalue weighted by Crippen LogP contribution is 2.33. The molecule has 0 radical (unpaired) electrons. The molecule has 1 saturated carbocycles. The second-order valence-electron chi connectivity index (χ2n) is 29.0. The zero-order valence-corrected chi connectivity index (χ0v) is 68.0. The van der Waals surface area contributed by atoms with Crippen molar-refractivity contribution >= 4 is 73.1 Å². The summed E-state index contributed by atoms with van der Waals surface area (Å²) in [5.74, 6) is -1.31. The Kier molecular flexibility index (Phi) is 46.4. The number of ether oxygens (including phenoxy) is 3. The number of cyclic esters (lactones) is 2. The van der Waals surface area contributed by atoms with Gasteiger partial charge in [0.2, 0.25) is 35.4 Å². The summed E-state index contributed by atoms with van der Waals surface area (Å²) in [6.45, 7) is 47.5. The van der Waals surface area contributed by atoms with E-state index < -0.39 is 26.0 Å². The summed E-state index contributed by atoms with van der Waals surface area (Å²) in [6, 6.07) is 32.2. The smallest absolute Gasteiger partial charge is 0.317 e. The number of aromatic nitrogens is 2. The fourth-order valence-electron chi connectivity index (χ4n) is 9.95. The number of nitriles is 1. The average Bonchev–Trinajstić information content (AvgIpc) is 1.66. The molecule has 572 valence electrons. The number of amides is 6. The van der Waals surface area contributed by atoms with Crippen LogP contribution in [0.4, 0.5) is 5.69 Å². The molecule has 103 heavy (non-hydrogen) atoms. The van der Waals surface area contributed by atoms with Gasteiger partial charge >= 0.3 is 23.9 Å². The fourth-order valence-corrected chi connectivity index (χ4v) is 9.95. The number of benzene rings is 2. The lowest BCUT2D eigenvalue weighted by molar-refractivity contribution is -0.154. The first kappa shape index (κ1) is 94.9. The average molecular weight is 1450 g/mol. The van der Waals surface area contributed by atoms with Crippen molar-refractivity contribution in [2.24, 2.45) is 53.3 Å². The number of nitrogens with zero attached hydrogens (tertiary/aromatic N) is 6. The molecule has 5 aliphatic rings. The molecular weight excluding hydrogens is 1320 g/mol. The minimum Gasteiger partial charge on any atom is -0.464 e. The van der Waals surface area contributed by atoms with Crippen LogP contribution in [-0.4, -0.2) is 112 Å². The van der Waals surface area contributed by atoms with E-state index in [9.17, 15) is 47.9 Å². The number of para-hydroxylation sites is 1. The van der Waals surface area contributed by atoms with E-state index in [-0.39, 0.29) is 120 Å². The molecule has 0 N–H and O–H groups in total. The zero-order valence-electron chi connectivity index (χ0n) is 67.0. The Balaban J connectivity index is 0.00000114. The van der Waals surface area contributed by atoms with Crippen molar-refractivity contribution < 1.29 is 62.2 Å². The highest BCUT2D eigenvalue weighted by atomic mass is 28.3. The summed E-state index contributed by atoms with van der Waals surface area (Å²) >= 11 is 0. The lowest BCUT2D eigenvalue weighted by Gasteiger charge is -2.29. The van der Waals surface area contributed by atoms with Crippen LogP contribution in [0.3, 0.4) is 0 Å². The molecule has 2 aromatic carbocycles. The topological polar surface area (TPSA) is 258 Å². The Morgan fingerprint density at radius 3 is 1.26 bits per heavy atom. The number of carbonyl (C=O) groups is 10. The van der Waals surface area contributed by atoms with Gasteiger partial charge in [-0.15, -0.1) is 0 Å². The van der Waals surface area contributed by atoms with E-state index in [1.54, 1.807) is 58.6 Å². The van der Waals surface area contributed by atoms with Gasteiger partial charge in [0.15, 0.2) is 0 Å². The van der Waals surface area contributed by atoms with Crippen molar-refractivity contribution in [3.05, 3.63) is 126 Å². The second kappa shape index (κ2) is 50.4. The summed E-state index contributed by atoms with van der Waals surface area (Å²) in [4.78, 5) is 125. The number of pyridine rings is 2. The van der Waals surface area contributed by atoms with Crippen molar-refractivity contribution in [1.29, 1.82) is 5.26 Å². The number of hydrogen-bond donors (Lipinski definition) is 0. The zero-order chi connectivity index (χ0) is 78.9. The number of esters is 4. The first-order valence-corrected chi connectivity index (χ1v) is 41.3. The van der Waals surface area contributed by atoms with Crippen LogP contribution in [0.1, 0.15) is 237 Å². The predicted octanol–water partition coefficient (Wildman–Crippen LogP) is 17.6. The van der Waals surface area contributed by atoms with Crippen molar-refractivity contribution in [2.75, 3.05) is 18.1 Å². The van der Waals surface area contributed by atoms with Gasteiger partial charge in [-0.2, -0.15) is 5.26 Å². The van der Waals surface area contributed by atoms with Crippen LogP contribution in [0.5, 0.6) is 0 Å². The standard InChI is InChI=1S/C12H19NO2.C12H13NO2.C10H15NO4.C10H14.2C9H13N.C6H8O3.C6H12O2.C5H9N.C4H12Si/c2*1-8-9(2)12(15)13(11(8)14)10-6-4-3-5-7-10;1-6-7(2)10(14)11(9(6)13)4-5-15-8(3)12;1-3-9(2)10-7-5-4-6-8-10;1-3-8(2)9-4-6-10-7-5-9;1-3-8(2)9-6-4-5-7-10-9;1-3-4(2)6(8)9-5(3)7;1-4-5(2)8-6(3)7;1-3-5(2)4-6;1-5(2,3)4/h8-10H,3-7H2,1-2H3;3-9H,1-2H3;6-7H,4-5H2,1-3H3;4-9H,3H2,1-2H3;2*4-8H,3H2,1-2H3;3-4H,1-2H3;5H,4H2,1-3H3;5H,3H2,1-2H3;1-4H3. The van der Waals surface area contributed by atoms with Gasteiger partial charge in [0, 0.05) is 93.7 Å². The van der Waals surface area contributed by atoms with Gasteiger partial charge in [-0.1, -0.05) is 211 Å². The number of likely N-dealkylation sites (tertiary alicyclic amines) is 2. The van der Waals surface area contributed by atoms with Crippen LogP contribution in [0, 0.1) is 64.6 Å². The van der Waals surface area contributed by atoms with Gasteiger partial charge in [-0.3, -0.25) is 72.6 Å². The number of rotatable bonds is 14. The molecule has 0 bridgehead atoms. The molecular formula is C83H128N6O13Si. The highest BCUT2D eigenvalue weighted by Gasteiger charge is 2.46. The third-order valence-corrected chi connectivity index (χ3v) is 18.8. The number of anilines is 1. The van der Waals surface area contributed by atoms with Crippen molar-refractivity contribution in [3.8, 4) is 6.07 Å². The Bertz CT molecular complexity index is 3020. The summed E-state index contributed by atoms with van der Waals surface area (Å²) in [6.07, 6.45) is 16.7. The summed E-state index contributed by atoms with van der Waals surface area (Å²) in [5, 5.41) is 8.08. The van der Waals surface area contributed by atoms with E-state index in [1.165, 1.54) is 54.8 Å². The molecule has 4 saturated heterocycles. The van der Waals surface area contributed by atoms with Crippen LogP contribution < -0.4 is 4.90 Å². The maximum Gasteiger partial charge on any atom is 0.317 e. The van der Waals surface area contributed by atoms with Crippen LogP contribution in [0.15, 0.2) is 110 Å². The largest absolute Gasteiger partial charge is 0.464 e. The van der Waals surface area contributed by atoms with Gasteiger partial charge in [0.1, 0.15) is 6.61 Å². The van der Waals surface area contributed by atoms with Crippen molar-refractivity contribution in [2.45, 2.75) is 259 Å². The molecule has 13 unspecified atom stereocenters. The molecule has 20 heteroatoms. The molecule has 19 nitrogen and oxygen atoms in total. The Hall–Kier alpha value is -8.05. The van der Waals surface area contributed by atoms with Crippen LogP contribution in [0.2, 0.25) is 26.2 Å². The normalized spacial score (nSPS) is 21.7. The predicted molar refractivity (Wildman–Crippen MR) is 412 cm³/mol. The summed E-state index contributed by atoms with van der Waals surface area (Å²) in [5.41, 5.74) is 4.70. The molecule has 5 fully saturated rings. The van der Waals surface area contributed by atoms with Crippen molar-refractivity contribution in [1.82, 2.24) is 19.8 Å². The van der Waals surface area contributed by atoms with Gasteiger partial charge in [0.25, 0.3) is 0 Å². The molecule has 2 aromatic heterocycles. The summed E-state index contributed by atoms with van der Waals surface area (Å²) in [7, 11) is -0.611. The number of hydrogen-bond acceptors (Lipinski definition) is 16. The van der Waals surface area contributed by atoms with Gasteiger partial charge in [-0.25, -0.2) is 0 Å². The third kappa shape index (κ3) is 35.3. The van der Waals surface area contributed by atoms with E-state index in [1.807, 2.05) is 90.5 Å². The number of carbonyl (C=O) groups excluding carboxylic acids is 10. The molecule has 0 spiro atoms. The Morgan fingerprint density at radius 2 is 0.922 bits per heavy atom. The van der Waals surface area contributed by atoms with Gasteiger partial charge < -0.3 is 14.2 Å². The summed E-state index contributed by atoms with van der Waals surface area (Å²) < 4.78 is 13.8. The molecule has 13 atom stereocenters. The molecule has 6 heterocycles. The SMILES string of the molecule is CC(=O)OCCN1C(=O)C(C)C(C)C1=O.CC1C(=O)N(C2CCCCC2)C(=O)C1C.CC1C(=O)N(c2ccccc2)C(=O)C1C.CC1C(=O)OC(=O)C1C.CCC(C)C#N.CCC(C)OC(C)=O.CCC(C)c1ccccc1.CCC(C)c1ccccn1.CCC(C)c1ccncc1.C[Si](C)(C)C. The minimum absolute atomic E-state index is 0.0550. The van der Waals surface area contributed by atoms with Gasteiger partial charge in [0.05, 0.1) is 36.2 Å². The lowest BCUT2D eigenvalue weighted by atomic mass is 9.94. The van der Waals surface area contributed by atoms with Crippen LogP contribution in [0.25, 0.3) is 0 Å². The van der Waals surface area contributed by atoms with E-state index in [0.29, 0.717) is 23.4 Å². The lowest BCUT2D eigenvalue weighted by Crippen LogP contribution is -2.41. The van der Waals surface area contributed by atoms with E-state index in [0.717, 1.165) is 49.8 Å². The van der Waals surface area contributed by atoms with E-state index in [4.69, 9.17) is 10.00 Å². The molecule has 1 aliphatic carbocycles. The van der Waals surface area contributed by atoms with Crippen LogP contribution in [-0.2, 0) is 62.2 Å². The Morgan fingerprint density at radius 1 is 0.515 bits per heavy atom. The molecule has 6 amide bonds. The minimum atomic E-state index is -0.611. The van der Waals surface area contributed by atoms with Crippen molar-refractivity contribution in [3.63, 3.8) is 0 Å². The molecule has 4 aromatic rings. The van der Waals surface area contributed by atoms with E-state index in [2.05, 4.69) is 142 Å². The monoisotopic (exact) mass is 1440 g/mol. The first-order valence-electron chi connectivity index (χ1n) is 37.3. The first-order chi connectivity index (χ1) is 48.3.